The molecule has 0 aromatic heterocycles. The SMILES string of the molecule is CCOc1cc(CNCCCN(C)C)c(Br)cc1OCc1ccc(Cl)cc1Cl. The lowest BCUT2D eigenvalue weighted by molar-refractivity contribution is 0.269. The average Bonchev–Trinajstić information content (AvgIpc) is 2.63. The Hall–Kier alpha value is -0.980. The molecule has 2 aromatic rings. The first kappa shape index (κ1) is 23.3. The Morgan fingerprint density at radius 1 is 1.04 bits per heavy atom. The molecule has 154 valence electrons. The van der Waals surface area contributed by atoms with Crippen LogP contribution < -0.4 is 14.8 Å². The number of nitrogens with zero attached hydrogens (tertiary/aromatic N) is 1. The van der Waals surface area contributed by atoms with Crippen molar-refractivity contribution in [3.63, 3.8) is 0 Å². The van der Waals surface area contributed by atoms with Gasteiger partial charge in [-0.2, -0.15) is 0 Å². The molecule has 2 aromatic carbocycles. The lowest BCUT2D eigenvalue weighted by Crippen LogP contribution is -2.21. The normalized spacial score (nSPS) is 11.1. The Morgan fingerprint density at radius 3 is 2.46 bits per heavy atom. The summed E-state index contributed by atoms with van der Waals surface area (Å²) in [5, 5.41) is 4.67. The minimum absolute atomic E-state index is 0.338. The van der Waals surface area contributed by atoms with Gasteiger partial charge in [0.15, 0.2) is 11.5 Å². The zero-order chi connectivity index (χ0) is 20.5. The summed E-state index contributed by atoms with van der Waals surface area (Å²) in [6.45, 7) is 5.65. The fourth-order valence-corrected chi connectivity index (χ4v) is 3.56. The van der Waals surface area contributed by atoms with Gasteiger partial charge in [-0.3, -0.25) is 0 Å². The number of hydrogen-bond donors (Lipinski definition) is 1. The summed E-state index contributed by atoms with van der Waals surface area (Å²) in [7, 11) is 4.17. The van der Waals surface area contributed by atoms with Crippen molar-refractivity contribution in [3.05, 3.63) is 56.0 Å². The van der Waals surface area contributed by atoms with Crippen molar-refractivity contribution in [1.29, 1.82) is 0 Å². The van der Waals surface area contributed by atoms with Crippen molar-refractivity contribution in [1.82, 2.24) is 10.2 Å². The largest absolute Gasteiger partial charge is 0.490 e. The molecule has 0 aliphatic rings. The molecule has 0 spiro atoms. The predicted molar refractivity (Wildman–Crippen MR) is 121 cm³/mol. The van der Waals surface area contributed by atoms with Crippen LogP contribution in [0.3, 0.4) is 0 Å². The second-order valence-electron chi connectivity index (χ2n) is 6.68. The topological polar surface area (TPSA) is 33.7 Å². The van der Waals surface area contributed by atoms with Gasteiger partial charge in [0.2, 0.25) is 0 Å². The van der Waals surface area contributed by atoms with Gasteiger partial charge in [0.1, 0.15) is 6.61 Å². The summed E-state index contributed by atoms with van der Waals surface area (Å²) >= 11 is 15.8. The van der Waals surface area contributed by atoms with Crippen LogP contribution in [0.5, 0.6) is 11.5 Å². The third kappa shape index (κ3) is 7.45. The van der Waals surface area contributed by atoms with Crippen molar-refractivity contribution < 1.29 is 9.47 Å². The smallest absolute Gasteiger partial charge is 0.162 e. The standard InChI is InChI=1S/C21H27BrCl2N2O2/c1-4-27-20-10-16(13-25-8-5-9-26(2)3)18(22)12-21(20)28-14-15-6-7-17(23)11-19(15)24/h6-7,10-12,25H,4-5,8-9,13-14H2,1-3H3. The zero-order valence-electron chi connectivity index (χ0n) is 16.5. The minimum atomic E-state index is 0.338. The Morgan fingerprint density at radius 2 is 1.79 bits per heavy atom. The Labute approximate surface area is 186 Å². The van der Waals surface area contributed by atoms with Crippen LogP contribution in [0.25, 0.3) is 0 Å². The fourth-order valence-electron chi connectivity index (χ4n) is 2.63. The predicted octanol–water partition coefficient (Wildman–Crippen LogP) is 5.77. The molecule has 4 nitrogen and oxygen atoms in total. The minimum Gasteiger partial charge on any atom is -0.490 e. The molecule has 0 fully saturated rings. The molecule has 0 radical (unpaired) electrons. The van der Waals surface area contributed by atoms with Crippen LogP contribution in [0.2, 0.25) is 10.0 Å². The first-order chi connectivity index (χ1) is 13.4. The van der Waals surface area contributed by atoms with Crippen molar-refractivity contribution in [2.24, 2.45) is 0 Å². The zero-order valence-corrected chi connectivity index (χ0v) is 19.6. The maximum absolute atomic E-state index is 6.24. The first-order valence-corrected chi connectivity index (χ1v) is 10.8. The molecule has 1 N–H and O–H groups in total. The van der Waals surface area contributed by atoms with Crippen molar-refractivity contribution >= 4 is 39.1 Å². The van der Waals surface area contributed by atoms with Crippen LogP contribution in [-0.2, 0) is 13.2 Å². The highest BCUT2D eigenvalue weighted by atomic mass is 79.9. The molecule has 0 saturated carbocycles. The number of benzene rings is 2. The highest BCUT2D eigenvalue weighted by Gasteiger charge is 2.12. The second-order valence-corrected chi connectivity index (χ2v) is 8.38. The van der Waals surface area contributed by atoms with E-state index in [-0.39, 0.29) is 0 Å². The highest BCUT2D eigenvalue weighted by molar-refractivity contribution is 9.10. The van der Waals surface area contributed by atoms with Crippen LogP contribution >= 0.6 is 39.1 Å². The molecule has 0 bridgehead atoms. The number of ether oxygens (including phenoxy) is 2. The van der Waals surface area contributed by atoms with Crippen LogP contribution in [0, 0.1) is 0 Å². The monoisotopic (exact) mass is 488 g/mol. The van der Waals surface area contributed by atoms with Gasteiger partial charge in [-0.05, 0) is 70.4 Å². The van der Waals surface area contributed by atoms with E-state index in [0.717, 1.165) is 47.4 Å². The van der Waals surface area contributed by atoms with Gasteiger partial charge in [0.05, 0.1) is 6.61 Å². The average molecular weight is 490 g/mol. The molecule has 7 heteroatoms. The molecule has 0 aliphatic heterocycles. The summed E-state index contributed by atoms with van der Waals surface area (Å²) in [5.74, 6) is 1.40. The van der Waals surface area contributed by atoms with Gasteiger partial charge in [-0.25, -0.2) is 0 Å². The first-order valence-electron chi connectivity index (χ1n) is 9.28. The van der Waals surface area contributed by atoms with E-state index in [9.17, 15) is 0 Å². The van der Waals surface area contributed by atoms with E-state index < -0.39 is 0 Å². The fraction of sp³-hybridized carbons (Fsp3) is 0.429. The van der Waals surface area contributed by atoms with Crippen LogP contribution in [0.1, 0.15) is 24.5 Å². The molecule has 0 heterocycles. The summed E-state index contributed by atoms with van der Waals surface area (Å²) in [6.07, 6.45) is 1.10. The lowest BCUT2D eigenvalue weighted by atomic mass is 10.2. The molecule has 0 atom stereocenters. The Bertz CT molecular complexity index is 772. The number of nitrogens with one attached hydrogen (secondary N) is 1. The van der Waals surface area contributed by atoms with Crippen molar-refractivity contribution in [2.45, 2.75) is 26.5 Å². The highest BCUT2D eigenvalue weighted by Crippen LogP contribution is 2.35. The third-order valence-corrected chi connectivity index (χ3v) is 5.41. The van der Waals surface area contributed by atoms with Crippen LogP contribution in [-0.4, -0.2) is 38.7 Å². The van der Waals surface area contributed by atoms with E-state index in [1.807, 2.05) is 25.1 Å². The number of hydrogen-bond acceptors (Lipinski definition) is 4. The van der Waals surface area contributed by atoms with Crippen LogP contribution in [0.15, 0.2) is 34.8 Å². The van der Waals surface area contributed by atoms with Gasteiger partial charge in [-0.1, -0.05) is 45.2 Å². The molecule has 2 rings (SSSR count). The van der Waals surface area contributed by atoms with Crippen molar-refractivity contribution in [3.8, 4) is 11.5 Å². The van der Waals surface area contributed by atoms with E-state index in [0.29, 0.717) is 29.0 Å². The molecule has 0 aliphatic carbocycles. The van der Waals surface area contributed by atoms with E-state index >= 15 is 0 Å². The van der Waals surface area contributed by atoms with E-state index in [4.69, 9.17) is 32.7 Å². The molecule has 0 amide bonds. The summed E-state index contributed by atoms with van der Waals surface area (Å²) in [6, 6.07) is 9.35. The summed E-state index contributed by atoms with van der Waals surface area (Å²) in [4.78, 5) is 2.18. The third-order valence-electron chi connectivity index (χ3n) is 4.09. The maximum Gasteiger partial charge on any atom is 0.162 e. The number of rotatable bonds is 11. The Kier molecular flexibility index (Phi) is 9.89. The maximum atomic E-state index is 6.24. The lowest BCUT2D eigenvalue weighted by Gasteiger charge is -2.16. The molecule has 0 saturated heterocycles. The van der Waals surface area contributed by atoms with E-state index in [1.165, 1.54) is 0 Å². The van der Waals surface area contributed by atoms with Gasteiger partial charge < -0.3 is 19.7 Å². The molecular formula is C21H27BrCl2N2O2. The van der Waals surface area contributed by atoms with E-state index in [1.54, 1.807) is 12.1 Å². The Balaban J connectivity index is 2.04. The van der Waals surface area contributed by atoms with Gasteiger partial charge in [0.25, 0.3) is 0 Å². The summed E-state index contributed by atoms with van der Waals surface area (Å²) < 4.78 is 12.8. The molecular weight excluding hydrogens is 463 g/mol. The van der Waals surface area contributed by atoms with Crippen molar-refractivity contribution in [2.75, 3.05) is 33.8 Å². The van der Waals surface area contributed by atoms with Gasteiger partial charge >= 0.3 is 0 Å². The number of halogens is 3. The van der Waals surface area contributed by atoms with Gasteiger partial charge in [0, 0.05) is 26.6 Å². The van der Waals surface area contributed by atoms with Crippen LogP contribution in [0.4, 0.5) is 0 Å². The summed E-state index contributed by atoms with van der Waals surface area (Å²) in [5.41, 5.74) is 2.00. The van der Waals surface area contributed by atoms with E-state index in [2.05, 4.69) is 40.2 Å². The molecule has 28 heavy (non-hydrogen) atoms. The van der Waals surface area contributed by atoms with Gasteiger partial charge in [-0.15, -0.1) is 0 Å². The second kappa shape index (κ2) is 11.9. The molecule has 0 unspecified atom stereocenters. The quantitative estimate of drug-likeness (QED) is 0.406.